The van der Waals surface area contributed by atoms with Crippen LogP contribution < -0.4 is 5.32 Å². The molecule has 2 rings (SSSR count). The van der Waals surface area contributed by atoms with Crippen LogP contribution in [0.5, 0.6) is 0 Å². The van der Waals surface area contributed by atoms with E-state index in [-0.39, 0.29) is 0 Å². The minimum Gasteiger partial charge on any atom is -0.341 e. The second kappa shape index (κ2) is 4.79. The maximum Gasteiger partial charge on any atom is 0.161 e. The van der Waals surface area contributed by atoms with Gasteiger partial charge in [-0.3, -0.25) is 0 Å². The number of benzene rings is 1. The molecule has 92 valence electrons. The SMILES string of the molecule is CC(C)CNCc1nc2cc(F)c(F)cc2[nH]1. The molecule has 0 radical (unpaired) electrons. The molecule has 1 aromatic carbocycles. The maximum absolute atomic E-state index is 13.0. The number of nitrogens with zero attached hydrogens (tertiary/aromatic N) is 1. The summed E-state index contributed by atoms with van der Waals surface area (Å²) >= 11 is 0. The third-order valence-corrected chi connectivity index (χ3v) is 2.42. The van der Waals surface area contributed by atoms with Crippen LogP contribution in [0.2, 0.25) is 0 Å². The van der Waals surface area contributed by atoms with E-state index in [1.165, 1.54) is 0 Å². The van der Waals surface area contributed by atoms with Crippen molar-refractivity contribution < 1.29 is 8.78 Å². The molecule has 1 aromatic heterocycles. The van der Waals surface area contributed by atoms with Crippen LogP contribution in [0.25, 0.3) is 11.0 Å². The van der Waals surface area contributed by atoms with Crippen molar-refractivity contribution in [2.45, 2.75) is 20.4 Å². The molecular formula is C12H15F2N3. The van der Waals surface area contributed by atoms with Crippen LogP contribution in [0.1, 0.15) is 19.7 Å². The van der Waals surface area contributed by atoms with Gasteiger partial charge in [-0.25, -0.2) is 13.8 Å². The van der Waals surface area contributed by atoms with Gasteiger partial charge in [0.2, 0.25) is 0 Å². The van der Waals surface area contributed by atoms with Crippen molar-refractivity contribution in [3.05, 3.63) is 29.6 Å². The summed E-state index contributed by atoms with van der Waals surface area (Å²) in [6, 6.07) is 2.23. The highest BCUT2D eigenvalue weighted by Crippen LogP contribution is 2.16. The van der Waals surface area contributed by atoms with Crippen molar-refractivity contribution in [3.8, 4) is 0 Å². The van der Waals surface area contributed by atoms with E-state index < -0.39 is 11.6 Å². The minimum absolute atomic E-state index is 0.449. The van der Waals surface area contributed by atoms with Gasteiger partial charge in [-0.2, -0.15) is 0 Å². The van der Waals surface area contributed by atoms with Gasteiger partial charge in [-0.15, -0.1) is 0 Å². The molecule has 3 nitrogen and oxygen atoms in total. The summed E-state index contributed by atoms with van der Waals surface area (Å²) in [5.74, 6) is -0.492. The Morgan fingerprint density at radius 3 is 2.71 bits per heavy atom. The Morgan fingerprint density at radius 1 is 1.29 bits per heavy atom. The number of hydrogen-bond donors (Lipinski definition) is 2. The normalized spacial score (nSPS) is 11.6. The molecule has 0 bridgehead atoms. The number of fused-ring (bicyclic) bond motifs is 1. The monoisotopic (exact) mass is 239 g/mol. The van der Waals surface area contributed by atoms with Gasteiger partial charge in [0.25, 0.3) is 0 Å². The second-order valence-electron chi connectivity index (χ2n) is 4.49. The molecule has 0 atom stereocenters. The summed E-state index contributed by atoms with van der Waals surface area (Å²) in [6.45, 7) is 5.66. The Bertz CT molecular complexity index is 481. The Hall–Kier alpha value is -1.49. The lowest BCUT2D eigenvalue weighted by Crippen LogP contribution is -2.19. The molecule has 2 N–H and O–H groups in total. The quantitative estimate of drug-likeness (QED) is 0.861. The van der Waals surface area contributed by atoms with Crippen molar-refractivity contribution in [2.24, 2.45) is 5.92 Å². The average molecular weight is 239 g/mol. The summed E-state index contributed by atoms with van der Waals surface area (Å²) in [5, 5.41) is 3.21. The van der Waals surface area contributed by atoms with E-state index in [1.807, 2.05) is 0 Å². The highest BCUT2D eigenvalue weighted by Gasteiger charge is 2.08. The predicted molar refractivity (Wildman–Crippen MR) is 62.6 cm³/mol. The van der Waals surface area contributed by atoms with Crippen LogP contribution in [-0.2, 0) is 6.54 Å². The average Bonchev–Trinajstić information content (AvgIpc) is 2.60. The number of rotatable bonds is 4. The third kappa shape index (κ3) is 2.79. The van der Waals surface area contributed by atoms with Crippen molar-refractivity contribution in [2.75, 3.05) is 6.54 Å². The Morgan fingerprint density at radius 2 is 2.00 bits per heavy atom. The maximum atomic E-state index is 13.0. The van der Waals surface area contributed by atoms with Crippen molar-refractivity contribution in [1.29, 1.82) is 0 Å². The van der Waals surface area contributed by atoms with Gasteiger partial charge in [0.1, 0.15) is 5.82 Å². The highest BCUT2D eigenvalue weighted by atomic mass is 19.2. The molecule has 2 aromatic rings. The first-order chi connectivity index (χ1) is 8.06. The summed E-state index contributed by atoms with van der Waals surface area (Å²) < 4.78 is 25.9. The number of nitrogens with one attached hydrogen (secondary N) is 2. The lowest BCUT2D eigenvalue weighted by Gasteiger charge is -2.04. The summed E-state index contributed by atoms with van der Waals surface area (Å²) in [4.78, 5) is 7.14. The number of H-pyrrole nitrogens is 1. The minimum atomic E-state index is -0.870. The second-order valence-corrected chi connectivity index (χ2v) is 4.49. The Balaban J connectivity index is 2.14. The summed E-state index contributed by atoms with van der Waals surface area (Å²) in [7, 11) is 0. The van der Waals surface area contributed by atoms with Crippen LogP contribution in [0.15, 0.2) is 12.1 Å². The lowest BCUT2D eigenvalue weighted by molar-refractivity contribution is 0.510. The predicted octanol–water partition coefficient (Wildman–Crippen LogP) is 2.59. The molecule has 1 heterocycles. The molecular weight excluding hydrogens is 224 g/mol. The fourth-order valence-corrected chi connectivity index (χ4v) is 1.62. The Kier molecular flexibility index (Phi) is 3.38. The van der Waals surface area contributed by atoms with Crippen LogP contribution in [0, 0.1) is 17.6 Å². The molecule has 0 unspecified atom stereocenters. The van der Waals surface area contributed by atoms with E-state index >= 15 is 0 Å². The standard InChI is InChI=1S/C12H15F2N3/c1-7(2)5-15-6-12-16-10-3-8(13)9(14)4-11(10)17-12/h3-4,7,15H,5-6H2,1-2H3,(H,16,17). The molecule has 5 heteroatoms. The van der Waals surface area contributed by atoms with E-state index in [1.54, 1.807) is 0 Å². The van der Waals surface area contributed by atoms with E-state index in [2.05, 4.69) is 29.1 Å². The zero-order valence-corrected chi connectivity index (χ0v) is 9.85. The van der Waals surface area contributed by atoms with E-state index in [4.69, 9.17) is 0 Å². The number of hydrogen-bond acceptors (Lipinski definition) is 2. The number of aromatic amines is 1. The summed E-state index contributed by atoms with van der Waals surface area (Å²) in [5.41, 5.74) is 0.968. The molecule has 0 aliphatic rings. The first-order valence-electron chi connectivity index (χ1n) is 5.60. The van der Waals surface area contributed by atoms with Gasteiger partial charge in [0, 0.05) is 12.1 Å². The van der Waals surface area contributed by atoms with Gasteiger partial charge in [-0.05, 0) is 12.5 Å². The highest BCUT2D eigenvalue weighted by molar-refractivity contribution is 5.75. The molecule has 0 spiro atoms. The molecule has 0 saturated carbocycles. The molecule has 0 saturated heterocycles. The van der Waals surface area contributed by atoms with Crippen molar-refractivity contribution >= 4 is 11.0 Å². The van der Waals surface area contributed by atoms with E-state index in [0.29, 0.717) is 29.3 Å². The molecule has 0 amide bonds. The fourth-order valence-electron chi connectivity index (χ4n) is 1.62. The van der Waals surface area contributed by atoms with Gasteiger partial charge in [0.05, 0.1) is 17.6 Å². The zero-order valence-electron chi connectivity index (χ0n) is 9.85. The smallest absolute Gasteiger partial charge is 0.161 e. The molecule has 0 fully saturated rings. The van der Waals surface area contributed by atoms with E-state index in [0.717, 1.165) is 18.7 Å². The lowest BCUT2D eigenvalue weighted by atomic mass is 10.2. The Labute approximate surface area is 98.2 Å². The van der Waals surface area contributed by atoms with Crippen LogP contribution in [0.4, 0.5) is 8.78 Å². The van der Waals surface area contributed by atoms with Crippen molar-refractivity contribution in [1.82, 2.24) is 15.3 Å². The van der Waals surface area contributed by atoms with Gasteiger partial charge in [-0.1, -0.05) is 13.8 Å². The molecule has 0 aliphatic carbocycles. The first kappa shape index (κ1) is 12.0. The van der Waals surface area contributed by atoms with E-state index in [9.17, 15) is 8.78 Å². The van der Waals surface area contributed by atoms with Crippen LogP contribution in [-0.4, -0.2) is 16.5 Å². The molecule has 0 aliphatic heterocycles. The first-order valence-corrected chi connectivity index (χ1v) is 5.60. The topological polar surface area (TPSA) is 40.7 Å². The third-order valence-electron chi connectivity index (χ3n) is 2.42. The summed E-state index contributed by atoms with van der Waals surface area (Å²) in [6.07, 6.45) is 0. The van der Waals surface area contributed by atoms with Crippen molar-refractivity contribution in [3.63, 3.8) is 0 Å². The zero-order chi connectivity index (χ0) is 12.4. The molecule has 17 heavy (non-hydrogen) atoms. The van der Waals surface area contributed by atoms with Gasteiger partial charge >= 0.3 is 0 Å². The van der Waals surface area contributed by atoms with Crippen LogP contribution >= 0.6 is 0 Å². The number of halogens is 2. The van der Waals surface area contributed by atoms with Gasteiger partial charge in [0.15, 0.2) is 11.6 Å². The van der Waals surface area contributed by atoms with Gasteiger partial charge < -0.3 is 10.3 Å². The van der Waals surface area contributed by atoms with Crippen LogP contribution in [0.3, 0.4) is 0 Å². The number of imidazole rings is 1. The number of aromatic nitrogens is 2. The largest absolute Gasteiger partial charge is 0.341 e. The fraction of sp³-hybridized carbons (Fsp3) is 0.417.